The Morgan fingerprint density at radius 2 is 2.25 bits per heavy atom. The van der Waals surface area contributed by atoms with E-state index in [1.54, 1.807) is 4.68 Å². The minimum Gasteiger partial charge on any atom is -0.366 e. The molecule has 16 heavy (non-hydrogen) atoms. The minimum absolute atomic E-state index is 0.258. The Hall–Kier alpha value is -1.62. The van der Waals surface area contributed by atoms with Crippen LogP contribution in [-0.4, -0.2) is 19.7 Å². The summed E-state index contributed by atoms with van der Waals surface area (Å²) in [7, 11) is 1.88. The molecule has 0 bridgehead atoms. The van der Waals surface area contributed by atoms with Gasteiger partial charge >= 0.3 is 0 Å². The molecule has 0 spiro atoms. The van der Waals surface area contributed by atoms with Crippen LogP contribution in [-0.2, 0) is 13.6 Å². The van der Waals surface area contributed by atoms with E-state index in [-0.39, 0.29) is 5.28 Å². The van der Waals surface area contributed by atoms with Crippen molar-refractivity contribution in [3.8, 4) is 0 Å². The third-order valence-electron chi connectivity index (χ3n) is 2.06. The van der Waals surface area contributed by atoms with Crippen molar-refractivity contribution in [3.05, 3.63) is 35.0 Å². The number of halogens is 1. The molecule has 84 valence electrons. The fourth-order valence-electron chi connectivity index (χ4n) is 1.38. The van der Waals surface area contributed by atoms with Crippen molar-refractivity contribution in [3.63, 3.8) is 0 Å². The molecule has 0 atom stereocenters. The molecular weight excluding hydrogens is 226 g/mol. The molecule has 1 N–H and O–H groups in total. The Morgan fingerprint density at radius 1 is 1.44 bits per heavy atom. The lowest BCUT2D eigenvalue weighted by molar-refractivity contribution is 0.767. The summed E-state index contributed by atoms with van der Waals surface area (Å²) in [6.45, 7) is 2.55. The Kier molecular flexibility index (Phi) is 3.05. The van der Waals surface area contributed by atoms with Crippen molar-refractivity contribution < 1.29 is 0 Å². The van der Waals surface area contributed by atoms with Crippen molar-refractivity contribution in [2.24, 2.45) is 7.05 Å². The number of rotatable bonds is 3. The Balaban J connectivity index is 2.04. The minimum atomic E-state index is 0.258. The van der Waals surface area contributed by atoms with E-state index in [1.165, 1.54) is 0 Å². The summed E-state index contributed by atoms with van der Waals surface area (Å²) in [4.78, 5) is 8.06. The molecule has 2 rings (SSSR count). The molecule has 0 saturated heterocycles. The van der Waals surface area contributed by atoms with Crippen LogP contribution in [0.5, 0.6) is 0 Å². The van der Waals surface area contributed by atoms with Crippen LogP contribution in [0, 0.1) is 6.92 Å². The predicted molar refractivity (Wildman–Crippen MR) is 62.3 cm³/mol. The lowest BCUT2D eigenvalue weighted by Gasteiger charge is -2.04. The fourth-order valence-corrected chi connectivity index (χ4v) is 1.60. The molecule has 0 saturated carbocycles. The van der Waals surface area contributed by atoms with Crippen LogP contribution in [0.15, 0.2) is 18.5 Å². The highest BCUT2D eigenvalue weighted by molar-refractivity contribution is 6.28. The van der Waals surface area contributed by atoms with Gasteiger partial charge in [-0.1, -0.05) is 0 Å². The lowest BCUT2D eigenvalue weighted by atomic mass is 10.3. The third kappa shape index (κ3) is 2.70. The number of hydrogen-bond acceptors (Lipinski definition) is 4. The van der Waals surface area contributed by atoms with E-state index in [9.17, 15) is 0 Å². The van der Waals surface area contributed by atoms with E-state index < -0.39 is 0 Å². The molecule has 0 radical (unpaired) electrons. The van der Waals surface area contributed by atoms with Gasteiger partial charge in [-0.05, 0) is 18.5 Å². The van der Waals surface area contributed by atoms with E-state index in [1.807, 2.05) is 32.4 Å². The van der Waals surface area contributed by atoms with Gasteiger partial charge in [-0.3, -0.25) is 4.68 Å². The summed E-state index contributed by atoms with van der Waals surface area (Å²) in [5.74, 6) is 0.723. The van der Waals surface area contributed by atoms with Crippen LogP contribution >= 0.6 is 11.6 Å². The van der Waals surface area contributed by atoms with Crippen LogP contribution in [0.1, 0.15) is 11.3 Å². The maximum atomic E-state index is 5.76. The molecule has 2 heterocycles. The quantitative estimate of drug-likeness (QED) is 0.827. The SMILES string of the molecule is Cc1cc(NCc2cnn(C)c2)nc(Cl)n1. The van der Waals surface area contributed by atoms with Crippen molar-refractivity contribution >= 4 is 17.4 Å². The molecule has 0 aliphatic carbocycles. The first-order chi connectivity index (χ1) is 7.63. The summed E-state index contributed by atoms with van der Waals surface area (Å²) in [6, 6.07) is 1.85. The highest BCUT2D eigenvalue weighted by Crippen LogP contribution is 2.10. The van der Waals surface area contributed by atoms with Gasteiger partial charge in [0.05, 0.1) is 6.20 Å². The maximum absolute atomic E-state index is 5.76. The molecule has 6 heteroatoms. The maximum Gasteiger partial charge on any atom is 0.224 e. The molecule has 0 aromatic carbocycles. The molecule has 5 nitrogen and oxygen atoms in total. The second-order valence-corrected chi connectivity index (χ2v) is 3.88. The van der Waals surface area contributed by atoms with Crippen LogP contribution < -0.4 is 5.32 Å². The van der Waals surface area contributed by atoms with Crippen molar-refractivity contribution in [1.29, 1.82) is 0 Å². The van der Waals surface area contributed by atoms with Gasteiger partial charge in [0.25, 0.3) is 0 Å². The van der Waals surface area contributed by atoms with Crippen molar-refractivity contribution in [2.75, 3.05) is 5.32 Å². The smallest absolute Gasteiger partial charge is 0.224 e. The zero-order valence-corrected chi connectivity index (χ0v) is 9.86. The topological polar surface area (TPSA) is 55.6 Å². The highest BCUT2D eigenvalue weighted by Gasteiger charge is 2.00. The van der Waals surface area contributed by atoms with Gasteiger partial charge in [0.1, 0.15) is 5.82 Å². The van der Waals surface area contributed by atoms with Crippen molar-refractivity contribution in [2.45, 2.75) is 13.5 Å². The average Bonchev–Trinajstić information content (AvgIpc) is 2.60. The molecular formula is C10H12ClN5. The number of anilines is 1. The van der Waals surface area contributed by atoms with Gasteiger partial charge in [-0.25, -0.2) is 9.97 Å². The molecule has 0 amide bonds. The van der Waals surface area contributed by atoms with Crippen LogP contribution in [0.25, 0.3) is 0 Å². The Labute approximate surface area is 98.5 Å². The normalized spacial score (nSPS) is 10.4. The standard InChI is InChI=1S/C10H12ClN5/c1-7-3-9(15-10(11)14-7)12-4-8-5-13-16(2)6-8/h3,5-6H,4H2,1-2H3,(H,12,14,15). The predicted octanol–water partition coefficient (Wildman–Crippen LogP) is 1.78. The monoisotopic (exact) mass is 237 g/mol. The number of aryl methyl sites for hydroxylation is 2. The first-order valence-electron chi connectivity index (χ1n) is 4.86. The largest absolute Gasteiger partial charge is 0.366 e. The number of nitrogens with one attached hydrogen (secondary N) is 1. The first kappa shape index (κ1) is 10.9. The summed E-state index contributed by atoms with van der Waals surface area (Å²) in [6.07, 6.45) is 3.76. The summed E-state index contributed by atoms with van der Waals surface area (Å²) < 4.78 is 1.76. The van der Waals surface area contributed by atoms with Gasteiger partial charge in [0.2, 0.25) is 5.28 Å². The highest BCUT2D eigenvalue weighted by atomic mass is 35.5. The molecule has 0 aliphatic rings. The fraction of sp³-hybridized carbons (Fsp3) is 0.300. The number of hydrogen-bond donors (Lipinski definition) is 1. The Bertz CT molecular complexity index is 473. The third-order valence-corrected chi connectivity index (χ3v) is 2.23. The number of aromatic nitrogens is 4. The average molecular weight is 238 g/mol. The second-order valence-electron chi connectivity index (χ2n) is 3.54. The molecule has 0 aliphatic heterocycles. The van der Waals surface area contributed by atoms with E-state index >= 15 is 0 Å². The zero-order valence-electron chi connectivity index (χ0n) is 9.11. The van der Waals surface area contributed by atoms with E-state index in [2.05, 4.69) is 20.4 Å². The van der Waals surface area contributed by atoms with E-state index in [0.717, 1.165) is 17.1 Å². The molecule has 2 aromatic heterocycles. The van der Waals surface area contributed by atoms with Crippen molar-refractivity contribution in [1.82, 2.24) is 19.7 Å². The van der Waals surface area contributed by atoms with Crippen LogP contribution in [0.2, 0.25) is 5.28 Å². The molecule has 0 unspecified atom stereocenters. The van der Waals surface area contributed by atoms with Gasteiger partial charge in [-0.2, -0.15) is 5.10 Å². The lowest BCUT2D eigenvalue weighted by Crippen LogP contribution is -2.02. The van der Waals surface area contributed by atoms with Gasteiger partial charge in [0.15, 0.2) is 0 Å². The first-order valence-corrected chi connectivity index (χ1v) is 5.24. The van der Waals surface area contributed by atoms with Gasteiger partial charge in [-0.15, -0.1) is 0 Å². The van der Waals surface area contributed by atoms with E-state index in [4.69, 9.17) is 11.6 Å². The molecule has 2 aromatic rings. The van der Waals surface area contributed by atoms with E-state index in [0.29, 0.717) is 6.54 Å². The van der Waals surface area contributed by atoms with Crippen LogP contribution in [0.4, 0.5) is 5.82 Å². The Morgan fingerprint density at radius 3 is 2.88 bits per heavy atom. The van der Waals surface area contributed by atoms with Crippen LogP contribution in [0.3, 0.4) is 0 Å². The second kappa shape index (κ2) is 4.49. The molecule has 0 fully saturated rings. The summed E-state index contributed by atoms with van der Waals surface area (Å²) in [5.41, 5.74) is 1.93. The number of nitrogens with zero attached hydrogens (tertiary/aromatic N) is 4. The van der Waals surface area contributed by atoms with Gasteiger partial charge in [0, 0.05) is 37.1 Å². The zero-order chi connectivity index (χ0) is 11.5. The van der Waals surface area contributed by atoms with Gasteiger partial charge < -0.3 is 5.32 Å². The summed E-state index contributed by atoms with van der Waals surface area (Å²) >= 11 is 5.76. The summed E-state index contributed by atoms with van der Waals surface area (Å²) in [5, 5.41) is 7.51.